The maximum Gasteiger partial charge on any atom is 0.134 e. The van der Waals surface area contributed by atoms with Gasteiger partial charge in [0.1, 0.15) is 11.3 Å². The van der Waals surface area contributed by atoms with Crippen LogP contribution < -0.4 is 5.32 Å². The van der Waals surface area contributed by atoms with Gasteiger partial charge in [0.05, 0.1) is 6.04 Å². The fraction of sp³-hybridized carbons (Fsp3) is 0.579. The van der Waals surface area contributed by atoms with Crippen LogP contribution in [0.4, 0.5) is 0 Å². The standard InChI is InChI=1S/C19H27NO/c1-13-15-9-5-6-10-16(15)21-18(13)14(2)20-17-11-7-8-12-19(17,3)4/h5-6,9-10,14,17,20H,7-8,11-12H2,1-4H3. The average molecular weight is 285 g/mol. The Hall–Kier alpha value is -1.28. The molecule has 1 aromatic heterocycles. The summed E-state index contributed by atoms with van der Waals surface area (Å²) in [6.07, 6.45) is 5.29. The second kappa shape index (κ2) is 5.49. The first-order chi connectivity index (χ1) is 9.99. The van der Waals surface area contributed by atoms with E-state index in [-0.39, 0.29) is 6.04 Å². The zero-order valence-corrected chi connectivity index (χ0v) is 13.7. The minimum Gasteiger partial charge on any atom is -0.459 e. The van der Waals surface area contributed by atoms with Gasteiger partial charge in [-0.25, -0.2) is 0 Å². The summed E-state index contributed by atoms with van der Waals surface area (Å²) in [4.78, 5) is 0. The molecule has 114 valence electrons. The highest BCUT2D eigenvalue weighted by atomic mass is 16.3. The van der Waals surface area contributed by atoms with E-state index >= 15 is 0 Å². The molecule has 1 fully saturated rings. The molecule has 0 amide bonds. The number of aryl methyl sites for hydroxylation is 1. The van der Waals surface area contributed by atoms with E-state index in [0.717, 1.165) is 11.3 Å². The minimum atomic E-state index is 0.264. The van der Waals surface area contributed by atoms with Crippen LogP contribution in [0.5, 0.6) is 0 Å². The van der Waals surface area contributed by atoms with Crippen LogP contribution in [0.3, 0.4) is 0 Å². The van der Waals surface area contributed by atoms with Gasteiger partial charge in [0, 0.05) is 11.4 Å². The molecule has 1 aliphatic rings. The summed E-state index contributed by atoms with van der Waals surface area (Å²) >= 11 is 0. The normalized spacial score (nSPS) is 23.3. The molecule has 21 heavy (non-hydrogen) atoms. The van der Waals surface area contributed by atoms with Crippen LogP contribution in [0.1, 0.15) is 63.8 Å². The lowest BCUT2D eigenvalue weighted by atomic mass is 9.73. The second-order valence-electron chi connectivity index (χ2n) is 7.26. The van der Waals surface area contributed by atoms with E-state index in [1.54, 1.807) is 0 Å². The highest BCUT2D eigenvalue weighted by Gasteiger charge is 2.33. The smallest absolute Gasteiger partial charge is 0.134 e. The molecule has 0 saturated heterocycles. The Kier molecular flexibility index (Phi) is 3.83. The van der Waals surface area contributed by atoms with E-state index in [4.69, 9.17) is 4.42 Å². The van der Waals surface area contributed by atoms with Crippen LogP contribution in [-0.4, -0.2) is 6.04 Å². The van der Waals surface area contributed by atoms with Gasteiger partial charge < -0.3 is 9.73 Å². The summed E-state index contributed by atoms with van der Waals surface area (Å²) in [6, 6.07) is 9.17. The number of nitrogens with one attached hydrogen (secondary N) is 1. The van der Waals surface area contributed by atoms with Crippen LogP contribution >= 0.6 is 0 Å². The summed E-state index contributed by atoms with van der Waals surface area (Å²) < 4.78 is 6.11. The fourth-order valence-corrected chi connectivity index (χ4v) is 3.79. The van der Waals surface area contributed by atoms with E-state index in [0.29, 0.717) is 11.5 Å². The summed E-state index contributed by atoms with van der Waals surface area (Å²) in [5.74, 6) is 1.09. The number of rotatable bonds is 3. The third-order valence-corrected chi connectivity index (χ3v) is 5.23. The van der Waals surface area contributed by atoms with Crippen molar-refractivity contribution >= 4 is 11.0 Å². The molecule has 1 heterocycles. The highest BCUT2D eigenvalue weighted by molar-refractivity contribution is 5.82. The van der Waals surface area contributed by atoms with Crippen molar-refractivity contribution in [1.82, 2.24) is 5.32 Å². The Morgan fingerprint density at radius 2 is 2.00 bits per heavy atom. The predicted octanol–water partition coefficient (Wildman–Crippen LogP) is 5.36. The van der Waals surface area contributed by atoms with Crippen molar-refractivity contribution in [2.75, 3.05) is 0 Å². The Morgan fingerprint density at radius 1 is 1.24 bits per heavy atom. The van der Waals surface area contributed by atoms with Gasteiger partial charge in [0.2, 0.25) is 0 Å². The lowest BCUT2D eigenvalue weighted by Crippen LogP contribution is -2.45. The molecule has 2 atom stereocenters. The number of para-hydroxylation sites is 1. The molecular weight excluding hydrogens is 258 g/mol. The molecule has 2 heteroatoms. The first-order valence-corrected chi connectivity index (χ1v) is 8.23. The molecule has 1 saturated carbocycles. The van der Waals surface area contributed by atoms with Crippen LogP contribution in [-0.2, 0) is 0 Å². The fourth-order valence-electron chi connectivity index (χ4n) is 3.79. The Morgan fingerprint density at radius 3 is 2.71 bits per heavy atom. The van der Waals surface area contributed by atoms with Crippen LogP contribution in [0.2, 0.25) is 0 Å². The number of hydrogen-bond donors (Lipinski definition) is 1. The van der Waals surface area contributed by atoms with Crippen molar-refractivity contribution in [1.29, 1.82) is 0 Å². The second-order valence-corrected chi connectivity index (χ2v) is 7.26. The van der Waals surface area contributed by atoms with Gasteiger partial charge in [-0.15, -0.1) is 0 Å². The van der Waals surface area contributed by atoms with Crippen molar-refractivity contribution in [2.45, 2.75) is 65.5 Å². The first kappa shape index (κ1) is 14.6. The Balaban J connectivity index is 1.83. The van der Waals surface area contributed by atoms with Crippen molar-refractivity contribution in [3.8, 4) is 0 Å². The summed E-state index contributed by atoms with van der Waals surface area (Å²) in [6.45, 7) is 9.19. The lowest BCUT2D eigenvalue weighted by molar-refractivity contribution is 0.154. The van der Waals surface area contributed by atoms with E-state index < -0.39 is 0 Å². The molecular formula is C19H27NO. The van der Waals surface area contributed by atoms with Crippen LogP contribution in [0.15, 0.2) is 28.7 Å². The zero-order valence-electron chi connectivity index (χ0n) is 13.7. The largest absolute Gasteiger partial charge is 0.459 e. The third kappa shape index (κ3) is 2.74. The Labute approximate surface area is 127 Å². The van der Waals surface area contributed by atoms with Gasteiger partial charge in [-0.2, -0.15) is 0 Å². The molecule has 1 aliphatic carbocycles. The summed E-state index contributed by atoms with van der Waals surface area (Å²) in [5, 5.41) is 5.07. The topological polar surface area (TPSA) is 25.2 Å². The SMILES string of the molecule is Cc1c(C(C)NC2CCCCC2(C)C)oc2ccccc12. The molecule has 1 aromatic carbocycles. The maximum absolute atomic E-state index is 6.11. The zero-order chi connectivity index (χ0) is 15.0. The summed E-state index contributed by atoms with van der Waals surface area (Å²) in [7, 11) is 0. The molecule has 0 spiro atoms. The molecule has 3 rings (SSSR count). The van der Waals surface area contributed by atoms with Gasteiger partial charge in [0.25, 0.3) is 0 Å². The van der Waals surface area contributed by atoms with Gasteiger partial charge in [-0.3, -0.25) is 0 Å². The number of fused-ring (bicyclic) bond motifs is 1. The van der Waals surface area contributed by atoms with Gasteiger partial charge in [-0.05, 0) is 43.7 Å². The molecule has 2 nitrogen and oxygen atoms in total. The molecule has 2 unspecified atom stereocenters. The number of benzene rings is 1. The van der Waals surface area contributed by atoms with Crippen molar-refractivity contribution < 1.29 is 4.42 Å². The number of furan rings is 1. The van der Waals surface area contributed by atoms with E-state index in [1.165, 1.54) is 36.6 Å². The molecule has 0 bridgehead atoms. The molecule has 1 N–H and O–H groups in total. The van der Waals surface area contributed by atoms with Gasteiger partial charge >= 0.3 is 0 Å². The average Bonchev–Trinajstić information content (AvgIpc) is 2.79. The molecule has 2 aromatic rings. The van der Waals surface area contributed by atoms with Crippen molar-refractivity contribution in [2.24, 2.45) is 5.41 Å². The van der Waals surface area contributed by atoms with Gasteiger partial charge in [0.15, 0.2) is 0 Å². The van der Waals surface area contributed by atoms with Crippen molar-refractivity contribution in [3.63, 3.8) is 0 Å². The highest BCUT2D eigenvalue weighted by Crippen LogP contribution is 2.37. The molecule has 0 radical (unpaired) electrons. The summed E-state index contributed by atoms with van der Waals surface area (Å²) in [5.41, 5.74) is 2.66. The maximum atomic E-state index is 6.11. The predicted molar refractivity (Wildman–Crippen MR) is 88.5 cm³/mol. The van der Waals surface area contributed by atoms with Gasteiger partial charge in [-0.1, -0.05) is 44.9 Å². The monoisotopic (exact) mass is 285 g/mol. The molecule has 0 aliphatic heterocycles. The van der Waals surface area contributed by atoms with E-state index in [2.05, 4.69) is 51.2 Å². The van der Waals surface area contributed by atoms with E-state index in [1.807, 2.05) is 6.07 Å². The first-order valence-electron chi connectivity index (χ1n) is 8.23. The van der Waals surface area contributed by atoms with Crippen LogP contribution in [0, 0.1) is 12.3 Å². The Bertz CT molecular complexity index is 626. The third-order valence-electron chi connectivity index (χ3n) is 5.23. The van der Waals surface area contributed by atoms with E-state index in [9.17, 15) is 0 Å². The van der Waals surface area contributed by atoms with Crippen LogP contribution in [0.25, 0.3) is 11.0 Å². The lowest BCUT2D eigenvalue weighted by Gasteiger charge is -2.40. The quantitative estimate of drug-likeness (QED) is 0.821. The van der Waals surface area contributed by atoms with Crippen molar-refractivity contribution in [3.05, 3.63) is 35.6 Å². The number of hydrogen-bond acceptors (Lipinski definition) is 2. The minimum absolute atomic E-state index is 0.264.